The maximum absolute atomic E-state index is 12.8. The van der Waals surface area contributed by atoms with Crippen molar-refractivity contribution in [2.45, 2.75) is 11.4 Å². The van der Waals surface area contributed by atoms with E-state index in [2.05, 4.69) is 26.7 Å². The molecule has 5 rings (SSSR count). The summed E-state index contributed by atoms with van der Waals surface area (Å²) in [6.07, 6.45) is 4.47. The third kappa shape index (κ3) is 4.56. The van der Waals surface area contributed by atoms with Crippen molar-refractivity contribution in [2.75, 3.05) is 29.1 Å². The van der Waals surface area contributed by atoms with Crippen LogP contribution in [0.3, 0.4) is 0 Å². The summed E-state index contributed by atoms with van der Waals surface area (Å²) < 4.78 is 0. The standard InChI is InChI=1S/C25H23N5O2S/c31-23(26-13-11-18-16-28-21-5-2-1-4-20(18)21)17-7-9-19(10-8-17)29-25(32)30-14-15-33-24-22(30)6-3-12-27-24/h1-10,12,16,28H,11,13-15H2,(H,26,31)(H,29,32). The average molecular weight is 458 g/mol. The zero-order valence-corrected chi connectivity index (χ0v) is 18.7. The van der Waals surface area contributed by atoms with E-state index in [-0.39, 0.29) is 11.9 Å². The maximum atomic E-state index is 12.8. The first-order valence-corrected chi connectivity index (χ1v) is 11.8. The van der Waals surface area contributed by atoms with Crippen molar-refractivity contribution in [3.8, 4) is 0 Å². The zero-order chi connectivity index (χ0) is 22.6. The van der Waals surface area contributed by atoms with E-state index in [9.17, 15) is 9.59 Å². The molecule has 2 aromatic carbocycles. The highest BCUT2D eigenvalue weighted by Gasteiger charge is 2.23. The fourth-order valence-corrected chi connectivity index (χ4v) is 4.84. The number of H-pyrrole nitrogens is 1. The molecule has 0 saturated heterocycles. The first-order chi connectivity index (χ1) is 16.2. The number of fused-ring (bicyclic) bond motifs is 2. The molecule has 0 atom stereocenters. The quantitative estimate of drug-likeness (QED) is 0.406. The molecule has 8 heteroatoms. The number of amides is 3. The van der Waals surface area contributed by atoms with Crippen LogP contribution in [0.2, 0.25) is 0 Å². The number of hydrogen-bond donors (Lipinski definition) is 3. The van der Waals surface area contributed by atoms with E-state index < -0.39 is 0 Å². The van der Waals surface area contributed by atoms with Crippen molar-refractivity contribution >= 4 is 46.0 Å². The van der Waals surface area contributed by atoms with Gasteiger partial charge in [0.2, 0.25) is 0 Å². The molecule has 0 fully saturated rings. The number of urea groups is 1. The van der Waals surface area contributed by atoms with Crippen LogP contribution in [-0.2, 0) is 6.42 Å². The molecule has 4 aromatic rings. The summed E-state index contributed by atoms with van der Waals surface area (Å²) in [6, 6.07) is 18.6. The molecule has 166 valence electrons. The third-order valence-corrected chi connectivity index (χ3v) is 6.57. The minimum atomic E-state index is -0.208. The summed E-state index contributed by atoms with van der Waals surface area (Å²) in [7, 11) is 0. The lowest BCUT2D eigenvalue weighted by molar-refractivity contribution is 0.0954. The van der Waals surface area contributed by atoms with Gasteiger partial charge in [0.15, 0.2) is 0 Å². The fraction of sp³-hybridized carbons (Fsp3) is 0.160. The molecule has 0 spiro atoms. The Kier molecular flexibility index (Phi) is 5.99. The molecule has 3 heterocycles. The number of anilines is 2. The van der Waals surface area contributed by atoms with Crippen molar-refractivity contribution in [1.82, 2.24) is 15.3 Å². The predicted octanol–water partition coefficient (Wildman–Crippen LogP) is 4.68. The number of hydrogen-bond acceptors (Lipinski definition) is 4. The molecule has 7 nitrogen and oxygen atoms in total. The highest BCUT2D eigenvalue weighted by Crippen LogP contribution is 2.32. The summed E-state index contributed by atoms with van der Waals surface area (Å²) in [4.78, 5) is 34.6. The van der Waals surface area contributed by atoms with Gasteiger partial charge in [0, 0.05) is 53.4 Å². The number of benzene rings is 2. The number of carbonyl (C=O) groups excluding carboxylic acids is 2. The van der Waals surface area contributed by atoms with Crippen LogP contribution in [-0.4, -0.2) is 40.7 Å². The average Bonchev–Trinajstić information content (AvgIpc) is 3.27. The van der Waals surface area contributed by atoms with Crippen molar-refractivity contribution in [2.24, 2.45) is 0 Å². The predicted molar refractivity (Wildman–Crippen MR) is 132 cm³/mol. The molecule has 1 aliphatic rings. The van der Waals surface area contributed by atoms with Gasteiger partial charge in [0.05, 0.1) is 5.69 Å². The van der Waals surface area contributed by atoms with Crippen LogP contribution in [0.25, 0.3) is 10.9 Å². The molecule has 0 bridgehead atoms. The van der Waals surface area contributed by atoms with Crippen LogP contribution in [0.15, 0.2) is 78.1 Å². The minimum absolute atomic E-state index is 0.138. The van der Waals surface area contributed by atoms with Gasteiger partial charge in [0.25, 0.3) is 5.91 Å². The van der Waals surface area contributed by atoms with E-state index in [4.69, 9.17) is 0 Å². The molecule has 2 aromatic heterocycles. The second kappa shape index (κ2) is 9.38. The fourth-order valence-electron chi connectivity index (χ4n) is 3.91. The van der Waals surface area contributed by atoms with E-state index >= 15 is 0 Å². The van der Waals surface area contributed by atoms with Gasteiger partial charge in [-0.3, -0.25) is 9.69 Å². The summed E-state index contributed by atoms with van der Waals surface area (Å²) in [6.45, 7) is 1.16. The molecule has 1 aliphatic heterocycles. The third-order valence-electron chi connectivity index (χ3n) is 5.59. The largest absolute Gasteiger partial charge is 0.361 e. The molecule has 0 unspecified atom stereocenters. The maximum Gasteiger partial charge on any atom is 0.326 e. The number of carbonyl (C=O) groups is 2. The number of para-hydroxylation sites is 1. The lowest BCUT2D eigenvalue weighted by atomic mass is 10.1. The lowest BCUT2D eigenvalue weighted by Crippen LogP contribution is -2.38. The van der Waals surface area contributed by atoms with Gasteiger partial charge in [-0.25, -0.2) is 9.78 Å². The van der Waals surface area contributed by atoms with Crippen LogP contribution in [0, 0.1) is 0 Å². The Bertz CT molecular complexity index is 1300. The van der Waals surface area contributed by atoms with Gasteiger partial charge in [-0.2, -0.15) is 0 Å². The summed E-state index contributed by atoms with van der Waals surface area (Å²) in [5.74, 6) is 0.663. The van der Waals surface area contributed by atoms with Crippen LogP contribution in [0.1, 0.15) is 15.9 Å². The monoisotopic (exact) mass is 457 g/mol. The minimum Gasteiger partial charge on any atom is -0.361 e. The van der Waals surface area contributed by atoms with E-state index in [0.717, 1.165) is 28.4 Å². The van der Waals surface area contributed by atoms with Gasteiger partial charge in [0.1, 0.15) is 5.03 Å². The van der Waals surface area contributed by atoms with Crippen LogP contribution in [0.5, 0.6) is 0 Å². The van der Waals surface area contributed by atoms with E-state index in [1.165, 1.54) is 10.9 Å². The van der Waals surface area contributed by atoms with E-state index in [1.54, 1.807) is 47.1 Å². The Balaban J connectivity index is 1.16. The first kappa shape index (κ1) is 21.1. The number of aromatic nitrogens is 2. The molecule has 0 aliphatic carbocycles. The number of aromatic amines is 1. The summed E-state index contributed by atoms with van der Waals surface area (Å²) in [5.41, 5.74) is 4.28. The highest BCUT2D eigenvalue weighted by molar-refractivity contribution is 7.99. The van der Waals surface area contributed by atoms with Gasteiger partial charge < -0.3 is 15.6 Å². The zero-order valence-electron chi connectivity index (χ0n) is 17.9. The SMILES string of the molecule is O=C(NCCc1c[nH]c2ccccc12)c1ccc(NC(=O)N2CCSc3ncccc32)cc1. The summed E-state index contributed by atoms with van der Waals surface area (Å²) >= 11 is 1.65. The second-order valence-corrected chi connectivity index (χ2v) is 8.78. The number of rotatable bonds is 5. The molecule has 3 N–H and O–H groups in total. The number of pyridine rings is 1. The molecule has 0 radical (unpaired) electrons. The number of nitrogens with one attached hydrogen (secondary N) is 3. The molecule has 0 saturated carbocycles. The van der Waals surface area contributed by atoms with Crippen molar-refractivity contribution in [1.29, 1.82) is 0 Å². The number of nitrogens with zero attached hydrogens (tertiary/aromatic N) is 2. The Hall–Kier alpha value is -3.78. The Morgan fingerprint density at radius 3 is 2.79 bits per heavy atom. The molecule has 3 amide bonds. The van der Waals surface area contributed by atoms with Crippen LogP contribution < -0.4 is 15.5 Å². The smallest absolute Gasteiger partial charge is 0.326 e. The first-order valence-electron chi connectivity index (χ1n) is 10.8. The highest BCUT2D eigenvalue weighted by atomic mass is 32.2. The number of thioether (sulfide) groups is 1. The van der Waals surface area contributed by atoms with Crippen LogP contribution in [0.4, 0.5) is 16.2 Å². The van der Waals surface area contributed by atoms with Gasteiger partial charge in [-0.15, -0.1) is 11.8 Å². The lowest BCUT2D eigenvalue weighted by Gasteiger charge is -2.28. The van der Waals surface area contributed by atoms with Gasteiger partial charge >= 0.3 is 6.03 Å². The van der Waals surface area contributed by atoms with Gasteiger partial charge in [-0.1, -0.05) is 18.2 Å². The van der Waals surface area contributed by atoms with E-state index in [1.807, 2.05) is 36.5 Å². The Morgan fingerprint density at radius 2 is 1.91 bits per heavy atom. The molecular formula is C25H23N5O2S. The normalized spacial score (nSPS) is 12.9. The second-order valence-electron chi connectivity index (χ2n) is 7.70. The van der Waals surface area contributed by atoms with Crippen LogP contribution >= 0.6 is 11.8 Å². The molecular weight excluding hydrogens is 434 g/mol. The van der Waals surface area contributed by atoms with Crippen molar-refractivity contribution < 1.29 is 9.59 Å². The van der Waals surface area contributed by atoms with Gasteiger partial charge in [-0.05, 0) is 54.4 Å². The molecule has 33 heavy (non-hydrogen) atoms. The Morgan fingerprint density at radius 1 is 1.06 bits per heavy atom. The summed E-state index contributed by atoms with van der Waals surface area (Å²) in [5, 5.41) is 7.92. The Labute approximate surface area is 195 Å². The van der Waals surface area contributed by atoms with Crippen molar-refractivity contribution in [3.05, 3.63) is 84.2 Å². The topological polar surface area (TPSA) is 90.1 Å². The van der Waals surface area contributed by atoms with E-state index in [0.29, 0.717) is 24.3 Å². The van der Waals surface area contributed by atoms with Crippen molar-refractivity contribution in [3.63, 3.8) is 0 Å².